The number of carboxylic acids is 1. The molecule has 3 aromatic rings. The fraction of sp³-hybridized carbons (Fsp3) is 0.394. The highest BCUT2D eigenvalue weighted by molar-refractivity contribution is 6.30. The van der Waals surface area contributed by atoms with E-state index in [1.165, 1.54) is 13.2 Å². The van der Waals surface area contributed by atoms with Gasteiger partial charge in [0.05, 0.1) is 12.0 Å². The van der Waals surface area contributed by atoms with Crippen LogP contribution in [0.2, 0.25) is 10.0 Å². The molecular formula is C33H36Cl2FNO6. The molecule has 1 amide bonds. The zero-order chi connectivity index (χ0) is 31.4. The zero-order valence-electron chi connectivity index (χ0n) is 24.4. The Morgan fingerprint density at radius 1 is 1.02 bits per heavy atom. The van der Waals surface area contributed by atoms with Gasteiger partial charge in [-0.2, -0.15) is 0 Å². The summed E-state index contributed by atoms with van der Waals surface area (Å²) in [6.07, 6.45) is 1.21. The number of carbonyl (C=O) groups is 2. The van der Waals surface area contributed by atoms with E-state index in [-0.39, 0.29) is 30.0 Å². The molecule has 3 N–H and O–H groups in total. The quantitative estimate of drug-likeness (QED) is 0.220. The molecule has 3 aromatic carbocycles. The van der Waals surface area contributed by atoms with Crippen molar-refractivity contribution in [1.29, 1.82) is 0 Å². The Morgan fingerprint density at radius 3 is 2.28 bits per heavy atom. The van der Waals surface area contributed by atoms with Crippen LogP contribution in [0.25, 0.3) is 0 Å². The Bertz CT molecular complexity index is 1480. The lowest BCUT2D eigenvalue weighted by Gasteiger charge is -2.39. The van der Waals surface area contributed by atoms with Crippen molar-refractivity contribution < 1.29 is 33.7 Å². The number of carboxylic acid groups (broad SMARTS) is 1. The van der Waals surface area contributed by atoms with Gasteiger partial charge in [0.25, 0.3) is 5.91 Å². The van der Waals surface area contributed by atoms with Gasteiger partial charge in [0.1, 0.15) is 11.4 Å². The molecule has 0 radical (unpaired) electrons. The summed E-state index contributed by atoms with van der Waals surface area (Å²) >= 11 is 12.2. The molecule has 2 atom stereocenters. The summed E-state index contributed by atoms with van der Waals surface area (Å²) in [5.41, 5.74) is -0.962. The molecule has 4 rings (SSSR count). The number of hydrogen-bond donors (Lipinski definition) is 3. The number of halogens is 3. The number of aliphatic hydroxyl groups is 1. The van der Waals surface area contributed by atoms with E-state index < -0.39 is 28.9 Å². The second kappa shape index (κ2) is 13.7. The molecule has 10 heteroatoms. The Kier molecular flexibility index (Phi) is 10.5. The Labute approximate surface area is 260 Å². The lowest BCUT2D eigenvalue weighted by atomic mass is 9.73. The molecule has 230 valence electrons. The van der Waals surface area contributed by atoms with Crippen LogP contribution in [0.1, 0.15) is 71.3 Å². The number of ether oxygens (including phenoxy) is 2. The first-order chi connectivity index (χ1) is 20.4. The standard InChI is InChI=1S/C33H36Cl2FNO6/c1-4-33(41,23-11-13-43-14-12-23)24-17-27(31(40)37-19-20-5-8-26(35)15-21(20)16-29(38)39)30(28(36)18-24)32(2,42-3)22-6-9-25(34)10-7-22/h5-10,15,17-18,23,41H,4,11-14,16,19H2,1-3H3,(H,37,40)(H,38,39)/t32-,33-/m1/s1. The Morgan fingerprint density at radius 2 is 1.67 bits per heavy atom. The topological polar surface area (TPSA) is 105 Å². The number of carbonyl (C=O) groups excluding carboxylic acids is 1. The second-order valence-corrected chi connectivity index (χ2v) is 11.8. The number of nitrogens with one attached hydrogen (secondary N) is 1. The van der Waals surface area contributed by atoms with E-state index in [1.807, 2.05) is 6.92 Å². The van der Waals surface area contributed by atoms with Crippen molar-refractivity contribution in [3.8, 4) is 0 Å². The van der Waals surface area contributed by atoms with E-state index in [2.05, 4.69) is 5.32 Å². The average molecular weight is 633 g/mol. The smallest absolute Gasteiger partial charge is 0.307 e. The summed E-state index contributed by atoms with van der Waals surface area (Å²) in [4.78, 5) is 25.4. The minimum Gasteiger partial charge on any atom is -0.481 e. The van der Waals surface area contributed by atoms with Gasteiger partial charge in [-0.3, -0.25) is 9.59 Å². The van der Waals surface area contributed by atoms with Gasteiger partial charge >= 0.3 is 5.97 Å². The largest absolute Gasteiger partial charge is 0.481 e. The SMILES string of the molecule is CC[C@](O)(c1cc(F)c([C@](C)(OC)c2ccc(Cl)cc2)c(C(=O)NCc2ccc(Cl)cc2CC(=O)O)c1)C1CCOCC1. The third-order valence-corrected chi connectivity index (χ3v) is 8.99. The summed E-state index contributed by atoms with van der Waals surface area (Å²) in [6.45, 7) is 4.43. The van der Waals surface area contributed by atoms with Crippen LogP contribution in [0.3, 0.4) is 0 Å². The number of hydrogen-bond acceptors (Lipinski definition) is 5. The molecule has 7 nitrogen and oxygen atoms in total. The third-order valence-electron chi connectivity index (χ3n) is 8.50. The molecule has 1 fully saturated rings. The van der Waals surface area contributed by atoms with Gasteiger partial charge < -0.3 is 25.0 Å². The molecule has 1 aliphatic rings. The summed E-state index contributed by atoms with van der Waals surface area (Å²) in [7, 11) is 1.43. The molecule has 1 saturated heterocycles. The number of amides is 1. The summed E-state index contributed by atoms with van der Waals surface area (Å²) < 4.78 is 27.9. The molecule has 0 saturated carbocycles. The first-order valence-corrected chi connectivity index (χ1v) is 14.9. The highest BCUT2D eigenvalue weighted by atomic mass is 35.5. The first-order valence-electron chi connectivity index (χ1n) is 14.2. The Hall–Kier alpha value is -3.01. The lowest BCUT2D eigenvalue weighted by molar-refractivity contribution is -0.136. The summed E-state index contributed by atoms with van der Waals surface area (Å²) in [6, 6.07) is 14.4. The summed E-state index contributed by atoms with van der Waals surface area (Å²) in [5.74, 6) is -2.56. The maximum absolute atomic E-state index is 16.5. The highest BCUT2D eigenvalue weighted by Gasteiger charge is 2.42. The average Bonchev–Trinajstić information content (AvgIpc) is 2.99. The van der Waals surface area contributed by atoms with E-state index in [4.69, 9.17) is 32.7 Å². The van der Waals surface area contributed by atoms with Gasteiger partial charge in [-0.05, 0) is 90.8 Å². The van der Waals surface area contributed by atoms with Crippen LogP contribution in [0.15, 0.2) is 54.6 Å². The van der Waals surface area contributed by atoms with E-state index in [9.17, 15) is 19.8 Å². The number of methoxy groups -OCH3 is 1. The lowest BCUT2D eigenvalue weighted by Crippen LogP contribution is -2.39. The molecule has 0 unspecified atom stereocenters. The minimum atomic E-state index is -1.41. The van der Waals surface area contributed by atoms with Gasteiger partial charge in [-0.25, -0.2) is 4.39 Å². The molecule has 0 aliphatic carbocycles. The number of benzene rings is 3. The van der Waals surface area contributed by atoms with Crippen molar-refractivity contribution >= 4 is 35.1 Å². The van der Waals surface area contributed by atoms with E-state index in [0.717, 1.165) is 0 Å². The summed E-state index contributed by atoms with van der Waals surface area (Å²) in [5, 5.41) is 25.0. The van der Waals surface area contributed by atoms with Crippen molar-refractivity contribution in [2.24, 2.45) is 5.92 Å². The molecule has 0 aromatic heterocycles. The van der Waals surface area contributed by atoms with Gasteiger partial charge in [0, 0.05) is 48.0 Å². The van der Waals surface area contributed by atoms with E-state index in [0.29, 0.717) is 64.8 Å². The van der Waals surface area contributed by atoms with E-state index >= 15 is 4.39 Å². The van der Waals surface area contributed by atoms with Gasteiger partial charge in [-0.15, -0.1) is 0 Å². The molecular weight excluding hydrogens is 596 g/mol. The highest BCUT2D eigenvalue weighted by Crippen LogP contribution is 2.43. The van der Waals surface area contributed by atoms with Gasteiger partial charge in [0.15, 0.2) is 0 Å². The van der Waals surface area contributed by atoms with Crippen molar-refractivity contribution in [3.05, 3.63) is 104 Å². The van der Waals surface area contributed by atoms with Crippen LogP contribution in [0.5, 0.6) is 0 Å². The minimum absolute atomic E-state index is 0.00846. The molecule has 1 heterocycles. The fourth-order valence-corrected chi connectivity index (χ4v) is 6.24. The number of aliphatic carboxylic acids is 1. The maximum atomic E-state index is 16.5. The Balaban J connectivity index is 1.83. The molecule has 1 aliphatic heterocycles. The van der Waals surface area contributed by atoms with Gasteiger partial charge in [-0.1, -0.05) is 48.3 Å². The molecule has 0 spiro atoms. The predicted molar refractivity (Wildman–Crippen MR) is 163 cm³/mol. The van der Waals surface area contributed by atoms with Crippen LogP contribution in [-0.2, 0) is 38.4 Å². The van der Waals surface area contributed by atoms with Crippen molar-refractivity contribution in [1.82, 2.24) is 5.32 Å². The normalized spacial score (nSPS) is 16.7. The van der Waals surface area contributed by atoms with Crippen LogP contribution in [-0.4, -0.2) is 42.4 Å². The molecule has 43 heavy (non-hydrogen) atoms. The first kappa shape index (κ1) is 32.9. The van der Waals surface area contributed by atoms with Crippen LogP contribution in [0, 0.1) is 11.7 Å². The molecule has 0 bridgehead atoms. The monoisotopic (exact) mass is 631 g/mol. The van der Waals surface area contributed by atoms with Crippen LogP contribution < -0.4 is 5.32 Å². The second-order valence-electron chi connectivity index (χ2n) is 11.0. The van der Waals surface area contributed by atoms with Crippen LogP contribution in [0.4, 0.5) is 4.39 Å². The van der Waals surface area contributed by atoms with Gasteiger partial charge in [0.2, 0.25) is 0 Å². The van der Waals surface area contributed by atoms with Crippen molar-refractivity contribution in [2.75, 3.05) is 20.3 Å². The third kappa shape index (κ3) is 7.05. The van der Waals surface area contributed by atoms with Crippen molar-refractivity contribution in [2.45, 2.75) is 57.3 Å². The predicted octanol–water partition coefficient (Wildman–Crippen LogP) is 6.62. The maximum Gasteiger partial charge on any atom is 0.307 e. The van der Waals surface area contributed by atoms with Crippen LogP contribution >= 0.6 is 23.2 Å². The fourth-order valence-electron chi connectivity index (χ4n) is 5.92. The number of rotatable bonds is 11. The van der Waals surface area contributed by atoms with Crippen molar-refractivity contribution in [3.63, 3.8) is 0 Å². The zero-order valence-corrected chi connectivity index (χ0v) is 25.9. The van der Waals surface area contributed by atoms with E-state index in [1.54, 1.807) is 55.5 Å².